The van der Waals surface area contributed by atoms with Crippen LogP contribution in [0.15, 0.2) is 35.5 Å². The van der Waals surface area contributed by atoms with Crippen LogP contribution in [0.5, 0.6) is 0 Å². The second kappa shape index (κ2) is 6.28. The first kappa shape index (κ1) is 17.6. The van der Waals surface area contributed by atoms with Crippen LogP contribution in [0.25, 0.3) is 0 Å². The van der Waals surface area contributed by atoms with E-state index >= 15 is 0 Å². The van der Waals surface area contributed by atoms with Crippen LogP contribution in [0.3, 0.4) is 0 Å². The molecule has 0 unspecified atom stereocenters. The van der Waals surface area contributed by atoms with E-state index in [9.17, 15) is 14.4 Å². The fraction of sp³-hybridized carbons (Fsp3) is 0.550. The molecular weight excluding hydrogens is 320 g/mol. The maximum absolute atomic E-state index is 12.5. The number of allylic oxidation sites excluding steroid dienone is 2. The van der Waals surface area contributed by atoms with E-state index in [-0.39, 0.29) is 23.5 Å². The molecule has 0 aromatic carbocycles. The number of ether oxygens (including phenoxy) is 2. The summed E-state index contributed by atoms with van der Waals surface area (Å²) in [6.07, 6.45) is 2.84. The Morgan fingerprint density at radius 1 is 1.32 bits per heavy atom. The lowest BCUT2D eigenvalue weighted by atomic mass is 9.78. The molecule has 1 aliphatic heterocycles. The molecule has 3 rings (SSSR count). The van der Waals surface area contributed by atoms with Gasteiger partial charge in [-0.05, 0) is 39.2 Å². The van der Waals surface area contributed by atoms with Gasteiger partial charge in [0, 0.05) is 23.0 Å². The predicted octanol–water partition coefficient (Wildman–Crippen LogP) is 2.76. The number of esters is 2. The van der Waals surface area contributed by atoms with Crippen molar-refractivity contribution in [2.45, 2.75) is 46.3 Å². The van der Waals surface area contributed by atoms with Gasteiger partial charge >= 0.3 is 11.9 Å². The summed E-state index contributed by atoms with van der Waals surface area (Å²) < 4.78 is 11.3. The van der Waals surface area contributed by atoms with Gasteiger partial charge < -0.3 is 9.47 Å². The van der Waals surface area contributed by atoms with Gasteiger partial charge in [0.25, 0.3) is 0 Å². The predicted molar refractivity (Wildman–Crippen MR) is 91.3 cm³/mol. The molecule has 5 heteroatoms. The molecule has 0 radical (unpaired) electrons. The van der Waals surface area contributed by atoms with Crippen LogP contribution < -0.4 is 0 Å². The average Bonchev–Trinajstić information content (AvgIpc) is 2.96. The van der Waals surface area contributed by atoms with Crippen LogP contribution in [-0.4, -0.2) is 29.9 Å². The van der Waals surface area contributed by atoms with E-state index in [0.717, 1.165) is 5.57 Å². The lowest BCUT2D eigenvalue weighted by molar-refractivity contribution is -0.148. The van der Waals surface area contributed by atoms with Crippen molar-refractivity contribution in [2.24, 2.45) is 23.7 Å². The maximum atomic E-state index is 12.5. The molecule has 25 heavy (non-hydrogen) atoms. The third-order valence-electron chi connectivity index (χ3n) is 5.86. The Balaban J connectivity index is 1.99. The van der Waals surface area contributed by atoms with Crippen molar-refractivity contribution in [1.82, 2.24) is 0 Å². The Hall–Kier alpha value is -2.17. The third-order valence-corrected chi connectivity index (χ3v) is 5.86. The average molecular weight is 344 g/mol. The molecule has 0 aromatic rings. The molecule has 0 bridgehead atoms. The highest BCUT2D eigenvalue weighted by Gasteiger charge is 2.57. The molecule has 5 nitrogen and oxygen atoms in total. The fourth-order valence-electron chi connectivity index (χ4n) is 4.44. The van der Waals surface area contributed by atoms with Gasteiger partial charge in [-0.25, -0.2) is 9.59 Å². The van der Waals surface area contributed by atoms with Crippen molar-refractivity contribution in [3.8, 4) is 0 Å². The fourth-order valence-corrected chi connectivity index (χ4v) is 4.44. The first-order valence-electron chi connectivity index (χ1n) is 8.72. The van der Waals surface area contributed by atoms with Crippen molar-refractivity contribution < 1.29 is 23.9 Å². The maximum Gasteiger partial charge on any atom is 0.334 e. The largest absolute Gasteiger partial charge is 0.458 e. The minimum atomic E-state index is -0.521. The van der Waals surface area contributed by atoms with Crippen LogP contribution in [0.1, 0.15) is 34.1 Å². The third kappa shape index (κ3) is 2.75. The SMILES string of the molecule is C=C1C(=O)O[C@@H]2[C@H]3C(C)=CC(=O)[C@H]3[C@@H](C)C[C@H](OC(=O)/C(C)=C\C)[C@@H]12. The summed E-state index contributed by atoms with van der Waals surface area (Å²) >= 11 is 0. The van der Waals surface area contributed by atoms with E-state index in [1.807, 2.05) is 13.8 Å². The molecule has 1 heterocycles. The van der Waals surface area contributed by atoms with Gasteiger partial charge in [-0.3, -0.25) is 4.79 Å². The Bertz CT molecular complexity index is 714. The molecule has 0 N–H and O–H groups in total. The molecule has 1 saturated carbocycles. The molecule has 2 aliphatic carbocycles. The second-order valence-corrected chi connectivity index (χ2v) is 7.39. The molecule has 6 atom stereocenters. The lowest BCUT2D eigenvalue weighted by Gasteiger charge is -2.28. The van der Waals surface area contributed by atoms with Gasteiger partial charge in [-0.1, -0.05) is 25.2 Å². The summed E-state index contributed by atoms with van der Waals surface area (Å²) in [5.41, 5.74) is 1.77. The van der Waals surface area contributed by atoms with E-state index in [1.54, 1.807) is 26.0 Å². The van der Waals surface area contributed by atoms with E-state index in [0.29, 0.717) is 17.6 Å². The minimum Gasteiger partial charge on any atom is -0.458 e. The molecule has 0 amide bonds. The van der Waals surface area contributed by atoms with E-state index < -0.39 is 30.1 Å². The van der Waals surface area contributed by atoms with Crippen molar-refractivity contribution in [3.63, 3.8) is 0 Å². The minimum absolute atomic E-state index is 0.0204. The highest BCUT2D eigenvalue weighted by molar-refractivity contribution is 5.97. The molecule has 1 saturated heterocycles. The first-order valence-corrected chi connectivity index (χ1v) is 8.72. The van der Waals surface area contributed by atoms with Crippen LogP contribution in [-0.2, 0) is 23.9 Å². The topological polar surface area (TPSA) is 69.7 Å². The van der Waals surface area contributed by atoms with Crippen molar-refractivity contribution >= 4 is 17.7 Å². The number of hydrogen-bond donors (Lipinski definition) is 0. The highest BCUT2D eigenvalue weighted by Crippen LogP contribution is 2.50. The second-order valence-electron chi connectivity index (χ2n) is 7.39. The van der Waals surface area contributed by atoms with Gasteiger partial charge in [0.05, 0.1) is 5.92 Å². The zero-order valence-corrected chi connectivity index (χ0v) is 15.1. The number of fused-ring (bicyclic) bond motifs is 3. The number of hydrogen-bond acceptors (Lipinski definition) is 5. The zero-order chi connectivity index (χ0) is 18.5. The van der Waals surface area contributed by atoms with Gasteiger partial charge in [0.1, 0.15) is 12.2 Å². The molecule has 2 fully saturated rings. The zero-order valence-electron chi connectivity index (χ0n) is 15.1. The normalized spacial score (nSPS) is 37.8. The van der Waals surface area contributed by atoms with Gasteiger partial charge in [-0.15, -0.1) is 0 Å². The van der Waals surface area contributed by atoms with Crippen molar-refractivity contribution in [2.75, 3.05) is 0 Å². The van der Waals surface area contributed by atoms with Crippen LogP contribution >= 0.6 is 0 Å². The number of carbonyl (C=O) groups excluding carboxylic acids is 3. The van der Waals surface area contributed by atoms with E-state index in [2.05, 4.69) is 6.58 Å². The van der Waals surface area contributed by atoms with Gasteiger partial charge in [-0.2, -0.15) is 0 Å². The van der Waals surface area contributed by atoms with Crippen LogP contribution in [0.2, 0.25) is 0 Å². The van der Waals surface area contributed by atoms with E-state index in [4.69, 9.17) is 9.47 Å². The van der Waals surface area contributed by atoms with Gasteiger partial charge in [0.15, 0.2) is 5.78 Å². The van der Waals surface area contributed by atoms with E-state index in [1.165, 1.54) is 0 Å². The lowest BCUT2D eigenvalue weighted by Crippen LogP contribution is -2.36. The quantitative estimate of drug-likeness (QED) is 0.569. The first-order chi connectivity index (χ1) is 11.8. The molecule has 0 spiro atoms. The molecule has 134 valence electrons. The molecular formula is C20H24O5. The summed E-state index contributed by atoms with van der Waals surface area (Å²) in [6, 6.07) is 0. The monoisotopic (exact) mass is 344 g/mol. The summed E-state index contributed by atoms with van der Waals surface area (Å²) in [5, 5.41) is 0. The van der Waals surface area contributed by atoms with Crippen molar-refractivity contribution in [1.29, 1.82) is 0 Å². The van der Waals surface area contributed by atoms with Crippen LogP contribution in [0, 0.1) is 23.7 Å². The summed E-state index contributed by atoms with van der Waals surface area (Å²) in [5.74, 6) is -1.59. The smallest absolute Gasteiger partial charge is 0.334 e. The number of carbonyl (C=O) groups is 3. The van der Waals surface area contributed by atoms with Gasteiger partial charge in [0.2, 0.25) is 0 Å². The summed E-state index contributed by atoms with van der Waals surface area (Å²) in [7, 11) is 0. The number of ketones is 1. The Morgan fingerprint density at radius 2 is 2.00 bits per heavy atom. The standard InChI is InChI=1S/C20H24O5/c1-6-9(2)19(22)24-14-8-11(4)15-13(21)7-10(3)16(15)18-17(14)12(5)20(23)25-18/h6-7,11,14-18H,5,8H2,1-4H3/b9-6-/t11-,14-,15+,16-,17+,18+/m0/s1. The Morgan fingerprint density at radius 3 is 2.64 bits per heavy atom. The summed E-state index contributed by atoms with van der Waals surface area (Å²) in [6.45, 7) is 11.2. The summed E-state index contributed by atoms with van der Waals surface area (Å²) in [4.78, 5) is 36.9. The Labute approximate surface area is 147 Å². The van der Waals surface area contributed by atoms with Crippen LogP contribution in [0.4, 0.5) is 0 Å². The Kier molecular flexibility index (Phi) is 4.43. The molecule has 3 aliphatic rings. The number of rotatable bonds is 2. The highest BCUT2D eigenvalue weighted by atomic mass is 16.6. The molecule has 0 aromatic heterocycles. The van der Waals surface area contributed by atoms with Crippen molar-refractivity contribution in [3.05, 3.63) is 35.5 Å².